The Morgan fingerprint density at radius 1 is 0.857 bits per heavy atom. The largest absolute Gasteiger partial charge is 0.497 e. The molecular weight excluding hydrogens is 466 g/mol. The Balaban J connectivity index is 1.57. The summed E-state index contributed by atoms with van der Waals surface area (Å²) in [7, 11) is -0.792. The molecule has 0 unspecified atom stereocenters. The van der Waals surface area contributed by atoms with E-state index in [0.717, 1.165) is 18.8 Å². The van der Waals surface area contributed by atoms with Gasteiger partial charge in [0.1, 0.15) is 23.0 Å². The van der Waals surface area contributed by atoms with Gasteiger partial charge in [-0.15, -0.1) is 0 Å². The van der Waals surface area contributed by atoms with Crippen molar-refractivity contribution >= 4 is 21.4 Å². The molecule has 0 saturated carbocycles. The SMILES string of the molecule is COc1ccc(Oc2cccc(S(=O)(=O)Nc3cc(N4C[C@@H](C)N[C@@H](C)C4)ccc3OC)c2)cc1. The molecule has 1 heterocycles. The Morgan fingerprint density at radius 3 is 2.20 bits per heavy atom. The lowest BCUT2D eigenvalue weighted by Gasteiger charge is -2.38. The van der Waals surface area contributed by atoms with Gasteiger partial charge in [-0.05, 0) is 68.4 Å². The molecule has 1 aliphatic rings. The van der Waals surface area contributed by atoms with Crippen LogP contribution in [0.1, 0.15) is 13.8 Å². The number of benzene rings is 3. The number of nitrogens with zero attached hydrogens (tertiary/aromatic N) is 1. The van der Waals surface area contributed by atoms with E-state index in [1.54, 1.807) is 49.6 Å². The van der Waals surface area contributed by atoms with Crippen LogP contribution in [0.5, 0.6) is 23.0 Å². The van der Waals surface area contributed by atoms with Crippen LogP contribution >= 0.6 is 0 Å². The van der Waals surface area contributed by atoms with Crippen molar-refractivity contribution in [1.82, 2.24) is 5.32 Å². The van der Waals surface area contributed by atoms with Crippen LogP contribution in [0.15, 0.2) is 71.6 Å². The van der Waals surface area contributed by atoms with Crippen molar-refractivity contribution < 1.29 is 22.6 Å². The predicted molar refractivity (Wildman–Crippen MR) is 138 cm³/mol. The lowest BCUT2D eigenvalue weighted by atomic mass is 10.1. The first-order valence-corrected chi connectivity index (χ1v) is 12.9. The lowest BCUT2D eigenvalue weighted by Crippen LogP contribution is -2.54. The number of hydrogen-bond acceptors (Lipinski definition) is 7. The molecule has 0 amide bonds. The van der Waals surface area contributed by atoms with Crippen LogP contribution in [-0.2, 0) is 10.0 Å². The van der Waals surface area contributed by atoms with Gasteiger partial charge in [-0.25, -0.2) is 8.42 Å². The molecule has 0 radical (unpaired) electrons. The molecule has 1 aliphatic heterocycles. The number of anilines is 2. The number of nitrogens with one attached hydrogen (secondary N) is 2. The zero-order valence-corrected chi connectivity index (χ0v) is 21.1. The van der Waals surface area contributed by atoms with Crippen molar-refractivity contribution in [3.63, 3.8) is 0 Å². The Kier molecular flexibility index (Phi) is 7.37. The van der Waals surface area contributed by atoms with Gasteiger partial charge >= 0.3 is 0 Å². The molecule has 3 aromatic carbocycles. The average Bonchev–Trinajstić information content (AvgIpc) is 2.84. The van der Waals surface area contributed by atoms with Crippen molar-refractivity contribution in [2.75, 3.05) is 36.9 Å². The monoisotopic (exact) mass is 497 g/mol. The van der Waals surface area contributed by atoms with E-state index in [1.807, 2.05) is 12.1 Å². The van der Waals surface area contributed by atoms with E-state index < -0.39 is 10.0 Å². The normalized spacial score (nSPS) is 18.1. The highest BCUT2D eigenvalue weighted by Crippen LogP contribution is 2.33. The first-order chi connectivity index (χ1) is 16.8. The maximum absolute atomic E-state index is 13.3. The molecule has 35 heavy (non-hydrogen) atoms. The number of methoxy groups -OCH3 is 2. The van der Waals surface area contributed by atoms with Crippen molar-refractivity contribution in [3.05, 3.63) is 66.7 Å². The van der Waals surface area contributed by atoms with Gasteiger partial charge in [-0.3, -0.25) is 4.72 Å². The molecule has 1 saturated heterocycles. The Morgan fingerprint density at radius 2 is 1.54 bits per heavy atom. The Bertz CT molecular complexity index is 1250. The lowest BCUT2D eigenvalue weighted by molar-refractivity contribution is 0.406. The molecule has 3 aromatic rings. The molecule has 8 nitrogen and oxygen atoms in total. The maximum atomic E-state index is 13.3. The third kappa shape index (κ3) is 5.98. The molecule has 0 spiro atoms. The fourth-order valence-corrected chi connectivity index (χ4v) is 5.29. The van der Waals surface area contributed by atoms with Crippen molar-refractivity contribution in [3.8, 4) is 23.0 Å². The van der Waals surface area contributed by atoms with E-state index in [1.165, 1.54) is 19.2 Å². The van der Waals surface area contributed by atoms with Crippen molar-refractivity contribution in [2.24, 2.45) is 0 Å². The minimum Gasteiger partial charge on any atom is -0.497 e. The molecule has 9 heteroatoms. The second kappa shape index (κ2) is 10.5. The summed E-state index contributed by atoms with van der Waals surface area (Å²) in [5, 5.41) is 3.51. The third-order valence-electron chi connectivity index (χ3n) is 5.76. The Hall–Kier alpha value is -3.43. The van der Waals surface area contributed by atoms with Gasteiger partial charge in [0, 0.05) is 36.9 Å². The van der Waals surface area contributed by atoms with Crippen LogP contribution in [0.2, 0.25) is 0 Å². The zero-order valence-electron chi connectivity index (χ0n) is 20.3. The molecular formula is C26H31N3O5S. The van der Waals surface area contributed by atoms with Gasteiger partial charge in [0.2, 0.25) is 0 Å². The number of piperazine rings is 1. The summed E-state index contributed by atoms with van der Waals surface area (Å²) in [6, 6.07) is 19.6. The second-order valence-corrected chi connectivity index (χ2v) is 10.3. The summed E-state index contributed by atoms with van der Waals surface area (Å²) >= 11 is 0. The standard InChI is InChI=1S/C26H31N3O5S/c1-18-16-29(17-19(2)27-18)20-8-13-26(33-4)25(14-20)28-35(30,31)24-7-5-6-23(15-24)34-22-11-9-21(32-3)10-12-22/h5-15,18-19,27-28H,16-17H2,1-4H3/t18-,19+. The number of sulfonamides is 1. The van der Waals surface area contributed by atoms with E-state index in [4.69, 9.17) is 14.2 Å². The first kappa shape index (κ1) is 24.7. The van der Waals surface area contributed by atoms with Gasteiger partial charge in [0.15, 0.2) is 0 Å². The second-order valence-electron chi connectivity index (χ2n) is 8.62. The summed E-state index contributed by atoms with van der Waals surface area (Å²) in [5.74, 6) is 2.13. The van der Waals surface area contributed by atoms with Crippen LogP contribution in [0.4, 0.5) is 11.4 Å². The minimum absolute atomic E-state index is 0.0837. The fraction of sp³-hybridized carbons (Fsp3) is 0.308. The van der Waals surface area contributed by atoms with Crippen molar-refractivity contribution in [2.45, 2.75) is 30.8 Å². The van der Waals surface area contributed by atoms with Gasteiger partial charge in [0.25, 0.3) is 10.0 Å². The predicted octanol–water partition coefficient (Wildman–Crippen LogP) is 4.48. The topological polar surface area (TPSA) is 89.1 Å². The molecule has 0 bridgehead atoms. The summed E-state index contributed by atoms with van der Waals surface area (Å²) in [5.41, 5.74) is 1.31. The highest BCUT2D eigenvalue weighted by Gasteiger charge is 2.23. The molecule has 186 valence electrons. The minimum atomic E-state index is -3.90. The van der Waals surface area contributed by atoms with E-state index in [2.05, 4.69) is 28.8 Å². The van der Waals surface area contributed by atoms with Crippen LogP contribution in [0, 0.1) is 0 Å². The highest BCUT2D eigenvalue weighted by atomic mass is 32.2. The number of hydrogen-bond donors (Lipinski definition) is 2. The van der Waals surface area contributed by atoms with Gasteiger partial charge in [-0.1, -0.05) is 6.07 Å². The third-order valence-corrected chi connectivity index (χ3v) is 7.12. The Labute approximate surface area is 206 Å². The number of ether oxygens (including phenoxy) is 3. The summed E-state index contributed by atoms with van der Waals surface area (Å²) in [6.45, 7) is 5.93. The summed E-state index contributed by atoms with van der Waals surface area (Å²) in [6.07, 6.45) is 0. The quantitative estimate of drug-likeness (QED) is 0.474. The molecule has 2 atom stereocenters. The van der Waals surface area contributed by atoms with E-state index in [-0.39, 0.29) is 4.90 Å². The van der Waals surface area contributed by atoms with Crippen LogP contribution in [-0.4, -0.2) is 47.8 Å². The van der Waals surface area contributed by atoms with Crippen LogP contribution in [0.3, 0.4) is 0 Å². The average molecular weight is 498 g/mol. The highest BCUT2D eigenvalue weighted by molar-refractivity contribution is 7.92. The molecule has 2 N–H and O–H groups in total. The van der Waals surface area contributed by atoms with E-state index in [9.17, 15) is 8.42 Å². The molecule has 0 aliphatic carbocycles. The van der Waals surface area contributed by atoms with Gasteiger partial charge in [-0.2, -0.15) is 0 Å². The fourth-order valence-electron chi connectivity index (χ4n) is 4.20. The summed E-state index contributed by atoms with van der Waals surface area (Å²) < 4.78 is 45.7. The molecule has 4 rings (SSSR count). The van der Waals surface area contributed by atoms with Crippen molar-refractivity contribution in [1.29, 1.82) is 0 Å². The van der Waals surface area contributed by atoms with Crippen LogP contribution < -0.4 is 29.1 Å². The van der Waals surface area contributed by atoms with E-state index in [0.29, 0.717) is 40.8 Å². The smallest absolute Gasteiger partial charge is 0.262 e. The maximum Gasteiger partial charge on any atom is 0.262 e. The zero-order chi connectivity index (χ0) is 25.0. The van der Waals surface area contributed by atoms with E-state index >= 15 is 0 Å². The first-order valence-electron chi connectivity index (χ1n) is 11.4. The summed E-state index contributed by atoms with van der Waals surface area (Å²) in [4.78, 5) is 2.33. The van der Waals surface area contributed by atoms with Gasteiger partial charge in [0.05, 0.1) is 24.8 Å². The van der Waals surface area contributed by atoms with Gasteiger partial charge < -0.3 is 24.4 Å². The molecule has 0 aromatic heterocycles. The number of rotatable bonds is 8. The van der Waals surface area contributed by atoms with Crippen LogP contribution in [0.25, 0.3) is 0 Å². The molecule has 1 fully saturated rings.